The molecule has 7 nitrogen and oxygen atoms in total. The van der Waals surface area contributed by atoms with Crippen molar-refractivity contribution in [3.05, 3.63) is 33.3 Å². The minimum absolute atomic E-state index is 0.147. The molecule has 0 aliphatic carbocycles. The number of carboxylic acid groups (broad SMARTS) is 1. The Bertz CT molecular complexity index is 617. The van der Waals surface area contributed by atoms with E-state index in [1.807, 2.05) is 5.32 Å². The largest absolute Gasteiger partial charge is 0.480 e. The van der Waals surface area contributed by atoms with Crippen LogP contribution >= 0.6 is 23.4 Å². The predicted octanol–water partition coefficient (Wildman–Crippen LogP) is 2.56. The minimum Gasteiger partial charge on any atom is -0.480 e. The standard InChI is InChI=1S/C12H11ClF2N2O5S/c13-6-1-2-9(8(3-6)17(21)22)23-5-11(18)16-7(12(19)20)4-10(14)15/h1-3,7,10H,4-5H2,(H,16,18)(H,19,20). The van der Waals surface area contributed by atoms with Gasteiger partial charge in [0.15, 0.2) is 0 Å². The number of halogens is 3. The number of nitro benzene ring substituents is 1. The number of nitro groups is 1. The highest BCUT2D eigenvalue weighted by molar-refractivity contribution is 8.00. The molecule has 2 N–H and O–H groups in total. The Kier molecular flexibility index (Phi) is 7.17. The van der Waals surface area contributed by atoms with Crippen molar-refractivity contribution in [3.8, 4) is 0 Å². The second kappa shape index (κ2) is 8.63. The van der Waals surface area contributed by atoms with Crippen molar-refractivity contribution in [2.75, 3.05) is 5.75 Å². The lowest BCUT2D eigenvalue weighted by Gasteiger charge is -2.13. The lowest BCUT2D eigenvalue weighted by Crippen LogP contribution is -2.42. The van der Waals surface area contributed by atoms with E-state index in [9.17, 15) is 28.5 Å². The first kappa shape index (κ1) is 19.1. The van der Waals surface area contributed by atoms with Gasteiger partial charge < -0.3 is 10.4 Å². The third-order valence-corrected chi connectivity index (χ3v) is 3.82. The molecule has 0 aliphatic heterocycles. The number of carboxylic acids is 1. The average Bonchev–Trinajstić information content (AvgIpc) is 2.44. The number of hydrogen-bond donors (Lipinski definition) is 2. The van der Waals surface area contributed by atoms with Gasteiger partial charge in [0.05, 0.1) is 15.6 Å². The zero-order valence-corrected chi connectivity index (χ0v) is 12.9. The number of thioether (sulfide) groups is 1. The average molecular weight is 369 g/mol. The smallest absolute Gasteiger partial charge is 0.326 e. The zero-order chi connectivity index (χ0) is 17.6. The SMILES string of the molecule is O=C(CSc1ccc(Cl)cc1[N+](=O)[O-])NC(CC(F)F)C(=O)O. The number of alkyl halides is 2. The van der Waals surface area contributed by atoms with Crippen LogP contribution in [0.3, 0.4) is 0 Å². The second-order valence-electron chi connectivity index (χ2n) is 4.24. The molecule has 126 valence electrons. The number of carbonyl (C=O) groups is 2. The van der Waals surface area contributed by atoms with Crippen LogP contribution in [0.25, 0.3) is 0 Å². The molecule has 0 saturated carbocycles. The van der Waals surface area contributed by atoms with Crippen LogP contribution in [-0.2, 0) is 9.59 Å². The summed E-state index contributed by atoms with van der Waals surface area (Å²) in [4.78, 5) is 32.7. The molecule has 0 radical (unpaired) electrons. The minimum atomic E-state index is -2.89. The Labute approximate surface area is 138 Å². The Hall–Kier alpha value is -1.94. The number of carbonyl (C=O) groups excluding carboxylic acids is 1. The molecule has 0 heterocycles. The van der Waals surface area contributed by atoms with Crippen molar-refractivity contribution in [2.24, 2.45) is 0 Å². The van der Waals surface area contributed by atoms with Gasteiger partial charge in [-0.25, -0.2) is 13.6 Å². The fourth-order valence-corrected chi connectivity index (χ4v) is 2.52. The van der Waals surface area contributed by atoms with Gasteiger partial charge >= 0.3 is 5.97 Å². The van der Waals surface area contributed by atoms with Gasteiger partial charge in [0.2, 0.25) is 12.3 Å². The summed E-state index contributed by atoms with van der Waals surface area (Å²) >= 11 is 6.42. The number of aliphatic carboxylic acids is 1. The molecule has 0 aliphatic rings. The predicted molar refractivity (Wildman–Crippen MR) is 79.0 cm³/mol. The molecule has 0 fully saturated rings. The Morgan fingerprint density at radius 3 is 2.61 bits per heavy atom. The Balaban J connectivity index is 2.69. The normalized spacial score (nSPS) is 12.0. The topological polar surface area (TPSA) is 110 Å². The second-order valence-corrected chi connectivity index (χ2v) is 5.70. The van der Waals surface area contributed by atoms with Crippen molar-refractivity contribution in [2.45, 2.75) is 23.8 Å². The highest BCUT2D eigenvalue weighted by atomic mass is 35.5. The maximum absolute atomic E-state index is 12.2. The van der Waals surface area contributed by atoms with Gasteiger partial charge in [0.1, 0.15) is 6.04 Å². The van der Waals surface area contributed by atoms with Crippen LogP contribution < -0.4 is 5.32 Å². The summed E-state index contributed by atoms with van der Waals surface area (Å²) in [5.74, 6) is -2.77. The van der Waals surface area contributed by atoms with Crippen molar-refractivity contribution < 1.29 is 28.4 Å². The molecule has 1 amide bonds. The van der Waals surface area contributed by atoms with E-state index in [2.05, 4.69) is 0 Å². The molecule has 1 aromatic rings. The van der Waals surface area contributed by atoms with Crippen LogP contribution in [-0.4, -0.2) is 40.1 Å². The molecule has 0 saturated heterocycles. The van der Waals surface area contributed by atoms with E-state index in [1.165, 1.54) is 12.1 Å². The van der Waals surface area contributed by atoms with E-state index in [0.29, 0.717) is 0 Å². The molecule has 1 atom stereocenters. The fourth-order valence-electron chi connectivity index (χ4n) is 1.53. The van der Waals surface area contributed by atoms with Crippen LogP contribution in [0.1, 0.15) is 6.42 Å². The van der Waals surface area contributed by atoms with Gasteiger partial charge in [-0.1, -0.05) is 11.6 Å². The van der Waals surface area contributed by atoms with Gasteiger partial charge in [0, 0.05) is 17.5 Å². The summed E-state index contributed by atoms with van der Waals surface area (Å²) < 4.78 is 24.4. The molecule has 1 aromatic carbocycles. The summed E-state index contributed by atoms with van der Waals surface area (Å²) in [5, 5.41) is 21.7. The highest BCUT2D eigenvalue weighted by Gasteiger charge is 2.24. The molecule has 1 rings (SSSR count). The summed E-state index contributed by atoms with van der Waals surface area (Å²) in [6.07, 6.45) is -3.91. The molecule has 0 spiro atoms. The molecule has 23 heavy (non-hydrogen) atoms. The van der Waals surface area contributed by atoms with E-state index in [4.69, 9.17) is 16.7 Å². The fraction of sp³-hybridized carbons (Fsp3) is 0.333. The monoisotopic (exact) mass is 368 g/mol. The van der Waals surface area contributed by atoms with E-state index in [1.54, 1.807) is 0 Å². The van der Waals surface area contributed by atoms with Crippen LogP contribution in [0.15, 0.2) is 23.1 Å². The van der Waals surface area contributed by atoms with Gasteiger partial charge in [-0.05, 0) is 12.1 Å². The van der Waals surface area contributed by atoms with Crippen molar-refractivity contribution >= 4 is 40.9 Å². The highest BCUT2D eigenvalue weighted by Crippen LogP contribution is 2.31. The number of rotatable bonds is 8. The molecule has 11 heteroatoms. The number of benzene rings is 1. The van der Waals surface area contributed by atoms with Crippen molar-refractivity contribution in [1.29, 1.82) is 0 Å². The summed E-state index contributed by atoms with van der Waals surface area (Å²) in [6.45, 7) is 0. The lowest BCUT2D eigenvalue weighted by molar-refractivity contribution is -0.387. The molecule has 0 bridgehead atoms. The Morgan fingerprint density at radius 2 is 2.09 bits per heavy atom. The molecular formula is C12H11ClF2N2O5S. The quantitative estimate of drug-likeness (QED) is 0.414. The third-order valence-electron chi connectivity index (χ3n) is 2.52. The lowest BCUT2D eigenvalue weighted by atomic mass is 10.2. The number of hydrogen-bond acceptors (Lipinski definition) is 5. The zero-order valence-electron chi connectivity index (χ0n) is 11.4. The maximum Gasteiger partial charge on any atom is 0.326 e. The van der Waals surface area contributed by atoms with Crippen LogP contribution in [0, 0.1) is 10.1 Å². The van der Waals surface area contributed by atoms with Gasteiger partial charge in [0.25, 0.3) is 5.69 Å². The van der Waals surface area contributed by atoms with Crippen LogP contribution in [0.5, 0.6) is 0 Å². The molecular weight excluding hydrogens is 358 g/mol. The first-order valence-corrected chi connectivity index (χ1v) is 7.44. The maximum atomic E-state index is 12.2. The number of amides is 1. The molecule has 1 unspecified atom stereocenters. The number of nitrogens with one attached hydrogen (secondary N) is 1. The Morgan fingerprint density at radius 1 is 1.43 bits per heavy atom. The summed E-state index contributed by atoms with van der Waals surface area (Å²) in [5.41, 5.74) is -0.308. The van der Waals surface area contributed by atoms with Crippen LogP contribution in [0.2, 0.25) is 5.02 Å². The van der Waals surface area contributed by atoms with Gasteiger partial charge in [-0.15, -0.1) is 11.8 Å². The first-order chi connectivity index (χ1) is 10.7. The van der Waals surface area contributed by atoms with Gasteiger partial charge in [-0.3, -0.25) is 14.9 Å². The van der Waals surface area contributed by atoms with Crippen molar-refractivity contribution in [1.82, 2.24) is 5.32 Å². The first-order valence-electron chi connectivity index (χ1n) is 6.07. The third kappa shape index (κ3) is 6.37. The summed E-state index contributed by atoms with van der Waals surface area (Å²) in [6, 6.07) is 2.12. The molecule has 0 aromatic heterocycles. The number of nitrogens with zero attached hydrogens (tertiary/aromatic N) is 1. The van der Waals surface area contributed by atoms with E-state index >= 15 is 0 Å². The summed E-state index contributed by atoms with van der Waals surface area (Å²) in [7, 11) is 0. The van der Waals surface area contributed by atoms with E-state index in [0.717, 1.165) is 17.8 Å². The van der Waals surface area contributed by atoms with E-state index in [-0.39, 0.29) is 21.4 Å². The van der Waals surface area contributed by atoms with E-state index < -0.39 is 35.7 Å². The van der Waals surface area contributed by atoms with Crippen molar-refractivity contribution in [3.63, 3.8) is 0 Å². The van der Waals surface area contributed by atoms with Gasteiger partial charge in [-0.2, -0.15) is 0 Å². The van der Waals surface area contributed by atoms with Crippen LogP contribution in [0.4, 0.5) is 14.5 Å².